The van der Waals surface area contributed by atoms with Crippen molar-refractivity contribution in [3.63, 3.8) is 0 Å². The third kappa shape index (κ3) is 2.56. The average Bonchev–Trinajstić information content (AvgIpc) is 2.68. The first-order valence-corrected chi connectivity index (χ1v) is 7.37. The number of hydrazine groups is 1. The van der Waals surface area contributed by atoms with Gasteiger partial charge in [0.05, 0.1) is 6.04 Å². The zero-order valence-corrected chi connectivity index (χ0v) is 10.7. The highest BCUT2D eigenvalue weighted by Gasteiger charge is 2.26. The van der Waals surface area contributed by atoms with Gasteiger partial charge in [0.25, 0.3) is 0 Å². The lowest BCUT2D eigenvalue weighted by molar-refractivity contribution is 0.491. The molecule has 1 aliphatic heterocycles. The van der Waals surface area contributed by atoms with Crippen molar-refractivity contribution in [3.8, 4) is 0 Å². The molecule has 4 heteroatoms. The van der Waals surface area contributed by atoms with Crippen molar-refractivity contribution in [3.05, 3.63) is 21.9 Å². The number of aryl methyl sites for hydroxylation is 1. The van der Waals surface area contributed by atoms with E-state index in [1.54, 1.807) is 0 Å². The van der Waals surface area contributed by atoms with Crippen LogP contribution < -0.4 is 11.3 Å². The van der Waals surface area contributed by atoms with Gasteiger partial charge < -0.3 is 0 Å². The van der Waals surface area contributed by atoms with E-state index < -0.39 is 0 Å². The number of thiophene rings is 1. The third-order valence-electron chi connectivity index (χ3n) is 3.00. The van der Waals surface area contributed by atoms with Crippen LogP contribution in [-0.4, -0.2) is 11.0 Å². The number of nitrogens with two attached hydrogens (primary N) is 1. The molecule has 2 nitrogen and oxygen atoms in total. The molecule has 0 bridgehead atoms. The maximum absolute atomic E-state index is 5.71. The Morgan fingerprint density at radius 2 is 2.40 bits per heavy atom. The van der Waals surface area contributed by atoms with Gasteiger partial charge in [0.1, 0.15) is 0 Å². The van der Waals surface area contributed by atoms with Crippen molar-refractivity contribution in [2.75, 3.05) is 5.75 Å². The van der Waals surface area contributed by atoms with Crippen LogP contribution in [0, 0.1) is 6.92 Å². The van der Waals surface area contributed by atoms with E-state index in [2.05, 4.69) is 35.6 Å². The highest BCUT2D eigenvalue weighted by molar-refractivity contribution is 8.00. The van der Waals surface area contributed by atoms with Crippen LogP contribution in [0.4, 0.5) is 0 Å². The largest absolute Gasteiger partial charge is 0.271 e. The van der Waals surface area contributed by atoms with Crippen LogP contribution in [0.15, 0.2) is 11.4 Å². The van der Waals surface area contributed by atoms with Gasteiger partial charge in [0.2, 0.25) is 0 Å². The molecule has 0 aromatic carbocycles. The Kier molecular flexibility index (Phi) is 4.08. The van der Waals surface area contributed by atoms with Crippen molar-refractivity contribution in [1.82, 2.24) is 5.43 Å². The highest BCUT2D eigenvalue weighted by Crippen LogP contribution is 2.36. The van der Waals surface area contributed by atoms with Crippen LogP contribution in [0.3, 0.4) is 0 Å². The predicted molar refractivity (Wildman–Crippen MR) is 69.2 cm³/mol. The smallest absolute Gasteiger partial charge is 0.0589 e. The molecule has 2 atom stereocenters. The van der Waals surface area contributed by atoms with E-state index in [0.717, 1.165) is 0 Å². The number of hydrogen-bond acceptors (Lipinski definition) is 4. The van der Waals surface area contributed by atoms with Gasteiger partial charge in [-0.25, -0.2) is 0 Å². The normalized spacial score (nSPS) is 24.0. The number of rotatable bonds is 3. The summed E-state index contributed by atoms with van der Waals surface area (Å²) in [5.74, 6) is 6.99. The summed E-state index contributed by atoms with van der Waals surface area (Å²) in [5.41, 5.74) is 4.39. The molecule has 2 unspecified atom stereocenters. The number of nitrogens with one attached hydrogen (secondary N) is 1. The molecular weight excluding hydrogens is 224 g/mol. The van der Waals surface area contributed by atoms with Gasteiger partial charge in [-0.15, -0.1) is 11.3 Å². The molecule has 1 aromatic rings. The lowest BCUT2D eigenvalue weighted by Crippen LogP contribution is -2.36. The first-order valence-electron chi connectivity index (χ1n) is 5.44. The molecule has 1 aliphatic rings. The molecule has 1 fully saturated rings. The van der Waals surface area contributed by atoms with Crippen molar-refractivity contribution >= 4 is 23.1 Å². The van der Waals surface area contributed by atoms with Gasteiger partial charge in [0, 0.05) is 10.1 Å². The molecular formula is C11H18N2S2. The lowest BCUT2D eigenvalue weighted by atomic mass is 10.0. The second kappa shape index (κ2) is 5.34. The van der Waals surface area contributed by atoms with Crippen LogP contribution in [0.1, 0.15) is 35.7 Å². The van der Waals surface area contributed by atoms with E-state index in [1.165, 1.54) is 35.5 Å². The van der Waals surface area contributed by atoms with Gasteiger partial charge in [-0.2, -0.15) is 11.8 Å². The lowest BCUT2D eigenvalue weighted by Gasteiger charge is -2.29. The fourth-order valence-corrected chi connectivity index (χ4v) is 4.32. The summed E-state index contributed by atoms with van der Waals surface area (Å²) in [6.07, 6.45) is 3.99. The molecule has 2 heterocycles. The summed E-state index contributed by atoms with van der Waals surface area (Å²) in [6, 6.07) is 2.54. The average molecular weight is 242 g/mol. The second-order valence-corrected chi connectivity index (χ2v) is 6.45. The maximum atomic E-state index is 5.71. The minimum absolute atomic E-state index is 0.335. The Hall–Kier alpha value is -0.0300. The minimum atomic E-state index is 0.335. The molecule has 0 spiro atoms. The van der Waals surface area contributed by atoms with Crippen LogP contribution >= 0.6 is 23.1 Å². The molecule has 0 amide bonds. The Morgan fingerprint density at radius 1 is 1.53 bits per heavy atom. The van der Waals surface area contributed by atoms with Gasteiger partial charge in [-0.1, -0.05) is 6.42 Å². The Labute approximate surface area is 99.6 Å². The van der Waals surface area contributed by atoms with Gasteiger partial charge in [-0.3, -0.25) is 11.3 Å². The summed E-state index contributed by atoms with van der Waals surface area (Å²) >= 11 is 3.87. The van der Waals surface area contributed by atoms with Crippen molar-refractivity contribution < 1.29 is 0 Å². The number of thioether (sulfide) groups is 1. The predicted octanol–water partition coefficient (Wildman–Crippen LogP) is 2.85. The Bertz CT molecular complexity index is 305. The summed E-state index contributed by atoms with van der Waals surface area (Å²) in [4.78, 5) is 1.39. The van der Waals surface area contributed by atoms with Gasteiger partial charge in [-0.05, 0) is 42.5 Å². The standard InChI is InChI=1S/C11H18N2S2/c1-8-9(5-7-14-8)11(13-12)10-4-2-3-6-15-10/h5,7,10-11,13H,2-4,6,12H2,1H3. The molecule has 1 aromatic heterocycles. The second-order valence-electron chi connectivity index (χ2n) is 3.98. The summed E-state index contributed by atoms with van der Waals surface area (Å²) in [7, 11) is 0. The fourth-order valence-electron chi connectivity index (χ4n) is 2.14. The number of hydrogen-bond donors (Lipinski definition) is 2. The van der Waals surface area contributed by atoms with Crippen molar-refractivity contribution in [2.24, 2.45) is 5.84 Å². The minimum Gasteiger partial charge on any atom is -0.271 e. The van der Waals surface area contributed by atoms with Crippen molar-refractivity contribution in [1.29, 1.82) is 0 Å². The highest BCUT2D eigenvalue weighted by atomic mass is 32.2. The van der Waals surface area contributed by atoms with Crippen LogP contribution in [0.25, 0.3) is 0 Å². The molecule has 84 valence electrons. The SMILES string of the molecule is Cc1sccc1C(NN)C1CCCCS1. The van der Waals surface area contributed by atoms with Gasteiger partial charge in [0.15, 0.2) is 0 Å². The van der Waals surface area contributed by atoms with Gasteiger partial charge >= 0.3 is 0 Å². The summed E-state index contributed by atoms with van der Waals surface area (Å²) < 4.78 is 0. The first-order chi connectivity index (χ1) is 7.33. The molecule has 3 N–H and O–H groups in total. The maximum Gasteiger partial charge on any atom is 0.0589 e. The van der Waals surface area contributed by atoms with E-state index in [0.29, 0.717) is 11.3 Å². The fraction of sp³-hybridized carbons (Fsp3) is 0.636. The van der Waals surface area contributed by atoms with Crippen LogP contribution in [-0.2, 0) is 0 Å². The van der Waals surface area contributed by atoms with Crippen molar-refractivity contribution in [2.45, 2.75) is 37.5 Å². The molecule has 2 rings (SSSR count). The molecule has 0 saturated carbocycles. The molecule has 1 saturated heterocycles. The molecule has 15 heavy (non-hydrogen) atoms. The topological polar surface area (TPSA) is 38.0 Å². The van der Waals surface area contributed by atoms with E-state index >= 15 is 0 Å². The quantitative estimate of drug-likeness (QED) is 0.632. The summed E-state index contributed by atoms with van der Waals surface area (Å²) in [6.45, 7) is 2.18. The van der Waals surface area contributed by atoms with Crippen LogP contribution in [0.2, 0.25) is 0 Å². The monoisotopic (exact) mass is 242 g/mol. The molecule has 0 radical (unpaired) electrons. The third-order valence-corrected chi connectivity index (χ3v) is 5.32. The first kappa shape index (κ1) is 11.5. The zero-order chi connectivity index (χ0) is 10.7. The van der Waals surface area contributed by atoms with E-state index in [1.807, 2.05) is 11.3 Å². The van der Waals surface area contributed by atoms with E-state index in [4.69, 9.17) is 5.84 Å². The molecule has 0 aliphatic carbocycles. The summed E-state index contributed by atoms with van der Waals surface area (Å²) in [5, 5.41) is 2.81. The van der Waals surface area contributed by atoms with Crippen LogP contribution in [0.5, 0.6) is 0 Å². The zero-order valence-electron chi connectivity index (χ0n) is 9.03. The Balaban J connectivity index is 2.12. The Morgan fingerprint density at radius 3 is 2.93 bits per heavy atom. The van der Waals surface area contributed by atoms with E-state index in [9.17, 15) is 0 Å². The van der Waals surface area contributed by atoms with E-state index in [-0.39, 0.29) is 0 Å².